The van der Waals surface area contributed by atoms with Gasteiger partial charge in [0.2, 0.25) is 5.91 Å². The van der Waals surface area contributed by atoms with Gasteiger partial charge < -0.3 is 10.6 Å². The van der Waals surface area contributed by atoms with Gasteiger partial charge in [0.15, 0.2) is 9.84 Å². The van der Waals surface area contributed by atoms with Crippen LogP contribution in [-0.4, -0.2) is 32.2 Å². The van der Waals surface area contributed by atoms with Crippen LogP contribution in [0, 0.1) is 11.3 Å². The van der Waals surface area contributed by atoms with Crippen LogP contribution in [0.1, 0.15) is 18.9 Å². The van der Waals surface area contributed by atoms with E-state index in [2.05, 4.69) is 16.7 Å². The average Bonchev–Trinajstić information content (AvgIpc) is 3.20. The van der Waals surface area contributed by atoms with Gasteiger partial charge in [0.05, 0.1) is 27.3 Å². The van der Waals surface area contributed by atoms with Crippen molar-refractivity contribution in [3.8, 4) is 6.07 Å². The number of carbonyl (C=O) groups is 1. The van der Waals surface area contributed by atoms with Crippen molar-refractivity contribution in [3.63, 3.8) is 0 Å². The number of nitriles is 1. The predicted molar refractivity (Wildman–Crippen MR) is 106 cm³/mol. The van der Waals surface area contributed by atoms with Crippen LogP contribution >= 0.6 is 11.6 Å². The third kappa shape index (κ3) is 3.90. The van der Waals surface area contributed by atoms with Gasteiger partial charge in [0.1, 0.15) is 5.54 Å². The van der Waals surface area contributed by atoms with Crippen LogP contribution in [0.2, 0.25) is 5.02 Å². The second kappa shape index (κ2) is 7.92. The van der Waals surface area contributed by atoms with Crippen LogP contribution in [0.5, 0.6) is 0 Å². The lowest BCUT2D eigenvalue weighted by molar-refractivity contribution is -0.124. The highest BCUT2D eigenvalue weighted by molar-refractivity contribution is 7.92. The molecule has 0 bridgehead atoms. The number of halogens is 1. The minimum Gasteiger partial charge on any atom is -0.333 e. The fourth-order valence-electron chi connectivity index (χ4n) is 3.26. The minimum absolute atomic E-state index is 0.0654. The summed E-state index contributed by atoms with van der Waals surface area (Å²) in [5.41, 5.74) is -0.552. The average molecular weight is 418 g/mol. The number of sulfone groups is 1. The molecule has 0 aromatic heterocycles. The third-order valence-electron chi connectivity index (χ3n) is 4.94. The molecule has 1 fully saturated rings. The smallest absolute Gasteiger partial charge is 0.238 e. The number of benzene rings is 2. The van der Waals surface area contributed by atoms with E-state index in [4.69, 9.17) is 11.6 Å². The zero-order valence-corrected chi connectivity index (χ0v) is 16.8. The van der Waals surface area contributed by atoms with Gasteiger partial charge in [-0.3, -0.25) is 4.79 Å². The normalized spacial score (nSPS) is 21.5. The van der Waals surface area contributed by atoms with Crippen molar-refractivity contribution in [1.29, 1.82) is 5.26 Å². The Kier molecular flexibility index (Phi) is 5.75. The minimum atomic E-state index is -3.68. The molecule has 3 atom stereocenters. The molecule has 6 nitrogen and oxygen atoms in total. The maximum Gasteiger partial charge on any atom is 0.238 e. The lowest BCUT2D eigenvalue weighted by Crippen LogP contribution is -2.49. The van der Waals surface area contributed by atoms with Crippen LogP contribution < -0.4 is 10.6 Å². The van der Waals surface area contributed by atoms with E-state index in [0.717, 1.165) is 0 Å². The van der Waals surface area contributed by atoms with Gasteiger partial charge in [-0.05, 0) is 31.0 Å². The van der Waals surface area contributed by atoms with Crippen molar-refractivity contribution in [3.05, 3.63) is 65.2 Å². The second-order valence-electron chi connectivity index (χ2n) is 6.89. The molecule has 28 heavy (non-hydrogen) atoms. The molecular weight excluding hydrogens is 398 g/mol. The van der Waals surface area contributed by atoms with Crippen molar-refractivity contribution in [1.82, 2.24) is 10.6 Å². The molecule has 3 unspecified atom stereocenters. The number of hydrogen-bond acceptors (Lipinski definition) is 5. The SMILES string of the molecule is CC(C#N)(NC(=O)C1CC(S(=O)(=O)c2ccccc2Cl)CN1)c1ccccc1. The zero-order valence-electron chi connectivity index (χ0n) is 15.2. The first-order valence-electron chi connectivity index (χ1n) is 8.78. The van der Waals surface area contributed by atoms with E-state index in [-0.39, 0.29) is 22.9 Å². The van der Waals surface area contributed by atoms with Crippen LogP contribution in [-0.2, 0) is 20.2 Å². The van der Waals surface area contributed by atoms with Crippen LogP contribution in [0.4, 0.5) is 0 Å². The molecule has 0 aliphatic carbocycles. The second-order valence-corrected chi connectivity index (χ2v) is 9.49. The number of nitrogens with zero attached hydrogens (tertiary/aromatic N) is 1. The molecule has 1 saturated heterocycles. The monoisotopic (exact) mass is 417 g/mol. The predicted octanol–water partition coefficient (Wildman–Crippen LogP) is 2.40. The van der Waals surface area contributed by atoms with Gasteiger partial charge in [-0.25, -0.2) is 8.42 Å². The molecule has 0 saturated carbocycles. The van der Waals surface area contributed by atoms with Crippen molar-refractivity contribution in [2.45, 2.75) is 35.1 Å². The third-order valence-corrected chi connectivity index (χ3v) is 7.58. The highest BCUT2D eigenvalue weighted by Gasteiger charge is 2.40. The molecule has 1 heterocycles. The summed E-state index contributed by atoms with van der Waals surface area (Å²) in [7, 11) is -3.68. The largest absolute Gasteiger partial charge is 0.333 e. The summed E-state index contributed by atoms with van der Waals surface area (Å²) < 4.78 is 25.8. The van der Waals surface area contributed by atoms with Crippen LogP contribution in [0.25, 0.3) is 0 Å². The molecule has 8 heteroatoms. The molecule has 1 aliphatic rings. The Morgan fingerprint density at radius 2 is 1.86 bits per heavy atom. The summed E-state index contributed by atoms with van der Waals surface area (Å²) in [4.78, 5) is 12.8. The molecular formula is C20H20ClN3O3S. The van der Waals surface area contributed by atoms with Crippen molar-refractivity contribution >= 4 is 27.3 Å². The summed E-state index contributed by atoms with van der Waals surface area (Å²) in [6.45, 7) is 1.76. The number of rotatable bonds is 5. The molecule has 1 amide bonds. The number of carbonyl (C=O) groups excluding carboxylic acids is 1. The Morgan fingerprint density at radius 1 is 1.21 bits per heavy atom. The van der Waals surface area contributed by atoms with E-state index in [1.165, 1.54) is 12.1 Å². The summed E-state index contributed by atoms with van der Waals surface area (Å²) in [6, 6.07) is 16.6. The van der Waals surface area contributed by atoms with E-state index in [9.17, 15) is 18.5 Å². The van der Waals surface area contributed by atoms with Crippen molar-refractivity contribution in [2.24, 2.45) is 0 Å². The van der Waals surface area contributed by atoms with E-state index in [1.54, 1.807) is 43.3 Å². The number of amides is 1. The Labute approximate surface area is 169 Å². The first-order chi connectivity index (χ1) is 13.3. The Hall–Kier alpha value is -2.40. The first kappa shape index (κ1) is 20.3. The van der Waals surface area contributed by atoms with Crippen LogP contribution in [0.15, 0.2) is 59.5 Å². The maximum atomic E-state index is 12.9. The number of nitrogens with one attached hydrogen (secondary N) is 2. The maximum absolute atomic E-state index is 12.9. The lowest BCUT2D eigenvalue weighted by Gasteiger charge is -2.25. The van der Waals surface area contributed by atoms with E-state index < -0.39 is 32.6 Å². The molecule has 2 aromatic rings. The summed E-state index contributed by atoms with van der Waals surface area (Å²) >= 11 is 6.04. The molecule has 1 aliphatic heterocycles. The molecule has 0 spiro atoms. The highest BCUT2D eigenvalue weighted by Crippen LogP contribution is 2.29. The zero-order chi connectivity index (χ0) is 20.4. The molecule has 3 rings (SSSR count). The summed E-state index contributed by atoms with van der Waals surface area (Å²) in [5, 5.41) is 14.7. The standard InChI is InChI=1S/C20H20ClN3O3S/c1-20(13-22,14-7-3-2-4-8-14)24-19(25)17-11-15(12-23-17)28(26,27)18-10-6-5-9-16(18)21/h2-10,15,17,23H,11-12H2,1H3,(H,24,25). The molecule has 2 aromatic carbocycles. The van der Waals surface area contributed by atoms with Gasteiger partial charge >= 0.3 is 0 Å². The Morgan fingerprint density at radius 3 is 2.50 bits per heavy atom. The fourth-order valence-corrected chi connectivity index (χ4v) is 5.45. The first-order valence-corrected chi connectivity index (χ1v) is 10.7. The number of hydrogen-bond donors (Lipinski definition) is 2. The van der Waals surface area contributed by atoms with E-state index >= 15 is 0 Å². The fraction of sp³-hybridized carbons (Fsp3) is 0.300. The van der Waals surface area contributed by atoms with Gasteiger partial charge in [0.25, 0.3) is 0 Å². The van der Waals surface area contributed by atoms with Gasteiger partial charge in [-0.1, -0.05) is 54.1 Å². The van der Waals surface area contributed by atoms with E-state index in [1.807, 2.05) is 6.07 Å². The Balaban J connectivity index is 1.74. The van der Waals surface area contributed by atoms with E-state index in [0.29, 0.717) is 5.56 Å². The lowest BCUT2D eigenvalue weighted by atomic mass is 9.93. The summed E-state index contributed by atoms with van der Waals surface area (Å²) in [6.07, 6.45) is 0.107. The van der Waals surface area contributed by atoms with Gasteiger partial charge in [0, 0.05) is 6.54 Å². The molecule has 2 N–H and O–H groups in total. The Bertz CT molecular complexity index is 1020. The van der Waals surface area contributed by atoms with Gasteiger partial charge in [-0.15, -0.1) is 0 Å². The van der Waals surface area contributed by atoms with Crippen LogP contribution in [0.3, 0.4) is 0 Å². The highest BCUT2D eigenvalue weighted by atomic mass is 35.5. The van der Waals surface area contributed by atoms with Gasteiger partial charge in [-0.2, -0.15) is 5.26 Å². The molecule has 146 valence electrons. The van der Waals surface area contributed by atoms with Crippen molar-refractivity contribution < 1.29 is 13.2 Å². The van der Waals surface area contributed by atoms with Crippen molar-refractivity contribution in [2.75, 3.05) is 6.54 Å². The quantitative estimate of drug-likeness (QED) is 0.778. The topological polar surface area (TPSA) is 99.1 Å². The summed E-state index contributed by atoms with van der Waals surface area (Å²) in [5.74, 6) is -0.412. The molecule has 0 radical (unpaired) electrons.